The van der Waals surface area contributed by atoms with Gasteiger partial charge in [0, 0.05) is 22.7 Å². The molecule has 60 valence electrons. The number of hydrogen-bond donors (Lipinski definition) is 1. The van der Waals surface area contributed by atoms with Gasteiger partial charge in [-0.25, -0.2) is 0 Å². The van der Waals surface area contributed by atoms with E-state index in [1.54, 1.807) is 18.3 Å². The number of benzene rings is 1. The van der Waals surface area contributed by atoms with Gasteiger partial charge in [-0.3, -0.25) is 4.79 Å². The molecule has 4 heteroatoms. The molecular formula is C8H6N2O2. The van der Waals surface area contributed by atoms with Gasteiger partial charge in [0.15, 0.2) is 11.9 Å². The molecule has 0 atom stereocenters. The van der Waals surface area contributed by atoms with Crippen molar-refractivity contribution in [3.8, 4) is 0 Å². The molecule has 0 bridgehead atoms. The Kier molecular flexibility index (Phi) is 1.33. The molecule has 0 saturated heterocycles. The van der Waals surface area contributed by atoms with Crippen LogP contribution in [0.1, 0.15) is 10.4 Å². The summed E-state index contributed by atoms with van der Waals surface area (Å²) in [5.74, 6) is 0. The lowest BCUT2D eigenvalue weighted by Gasteiger charge is -1.95. The summed E-state index contributed by atoms with van der Waals surface area (Å²) in [6.45, 7) is 0. The zero-order chi connectivity index (χ0) is 8.55. The molecule has 12 heavy (non-hydrogen) atoms. The minimum absolute atomic E-state index is 0.411. The average Bonchev–Trinajstić information content (AvgIpc) is 2.49. The fraction of sp³-hybridized carbons (Fsp3) is 0. The van der Waals surface area contributed by atoms with Gasteiger partial charge in [-0.15, -0.1) is 0 Å². The molecule has 2 rings (SSSR count). The van der Waals surface area contributed by atoms with E-state index in [0.717, 1.165) is 5.39 Å². The molecule has 0 saturated carbocycles. The maximum Gasteiger partial charge on any atom is 0.168 e. The number of anilines is 1. The minimum Gasteiger partial charge on any atom is -0.398 e. The highest BCUT2D eigenvalue weighted by atomic mass is 16.5. The molecule has 0 aliphatic rings. The van der Waals surface area contributed by atoms with E-state index >= 15 is 0 Å². The van der Waals surface area contributed by atoms with Crippen LogP contribution in [0, 0.1) is 0 Å². The third kappa shape index (κ3) is 0.852. The highest BCUT2D eigenvalue weighted by Gasteiger charge is 2.03. The Labute approximate surface area is 67.9 Å². The van der Waals surface area contributed by atoms with Crippen LogP contribution in [0.3, 0.4) is 0 Å². The Morgan fingerprint density at radius 2 is 2.33 bits per heavy atom. The van der Waals surface area contributed by atoms with E-state index in [9.17, 15) is 4.79 Å². The molecular weight excluding hydrogens is 156 g/mol. The fourth-order valence-electron chi connectivity index (χ4n) is 1.05. The molecule has 0 fully saturated rings. The van der Waals surface area contributed by atoms with Crippen LogP contribution < -0.4 is 5.73 Å². The Morgan fingerprint density at radius 1 is 1.50 bits per heavy atom. The van der Waals surface area contributed by atoms with Gasteiger partial charge in [0.2, 0.25) is 0 Å². The van der Waals surface area contributed by atoms with E-state index in [1.807, 2.05) is 0 Å². The van der Waals surface area contributed by atoms with E-state index in [-0.39, 0.29) is 0 Å². The Bertz CT molecular complexity index is 434. The van der Waals surface area contributed by atoms with Crippen molar-refractivity contribution in [2.45, 2.75) is 0 Å². The van der Waals surface area contributed by atoms with Crippen molar-refractivity contribution < 1.29 is 9.32 Å². The van der Waals surface area contributed by atoms with Gasteiger partial charge >= 0.3 is 0 Å². The summed E-state index contributed by atoms with van der Waals surface area (Å²) < 4.78 is 4.85. The van der Waals surface area contributed by atoms with Crippen LogP contribution in [0.4, 0.5) is 5.69 Å². The average molecular weight is 162 g/mol. The van der Waals surface area contributed by atoms with Gasteiger partial charge in [0.05, 0.1) is 6.20 Å². The number of nitrogens with zero attached hydrogens (tertiary/aromatic N) is 1. The number of carbonyl (C=O) groups excluding carboxylic acids is 1. The molecule has 0 radical (unpaired) electrons. The van der Waals surface area contributed by atoms with Crippen molar-refractivity contribution >= 4 is 22.9 Å². The monoisotopic (exact) mass is 162 g/mol. The highest BCUT2D eigenvalue weighted by molar-refractivity contribution is 5.92. The number of nitrogen functional groups attached to an aromatic ring is 1. The molecule has 0 aliphatic heterocycles. The number of rotatable bonds is 1. The number of aromatic nitrogens is 1. The lowest BCUT2D eigenvalue weighted by atomic mass is 10.1. The summed E-state index contributed by atoms with van der Waals surface area (Å²) in [6.07, 6.45) is 2.25. The second-order valence-electron chi connectivity index (χ2n) is 2.46. The van der Waals surface area contributed by atoms with Crippen molar-refractivity contribution in [1.29, 1.82) is 0 Å². The lowest BCUT2D eigenvalue weighted by molar-refractivity contribution is 0.112. The number of aldehydes is 1. The maximum absolute atomic E-state index is 10.5. The summed E-state index contributed by atoms with van der Waals surface area (Å²) in [7, 11) is 0. The fourth-order valence-corrected chi connectivity index (χ4v) is 1.05. The van der Waals surface area contributed by atoms with Crippen LogP contribution >= 0.6 is 0 Å². The van der Waals surface area contributed by atoms with E-state index in [0.29, 0.717) is 23.1 Å². The Hall–Kier alpha value is -1.84. The SMILES string of the molecule is Nc1cc2oncc2cc1C=O. The van der Waals surface area contributed by atoms with E-state index in [4.69, 9.17) is 10.3 Å². The summed E-state index contributed by atoms with van der Waals surface area (Å²) in [4.78, 5) is 10.5. The van der Waals surface area contributed by atoms with E-state index in [1.165, 1.54) is 0 Å². The molecule has 2 aromatic rings. The second-order valence-corrected chi connectivity index (χ2v) is 2.46. The first-order valence-electron chi connectivity index (χ1n) is 3.40. The van der Waals surface area contributed by atoms with Crippen molar-refractivity contribution in [1.82, 2.24) is 5.16 Å². The predicted molar refractivity (Wildman–Crippen MR) is 43.8 cm³/mol. The third-order valence-electron chi connectivity index (χ3n) is 1.69. The highest BCUT2D eigenvalue weighted by Crippen LogP contribution is 2.19. The van der Waals surface area contributed by atoms with E-state index in [2.05, 4.69) is 5.16 Å². The van der Waals surface area contributed by atoms with Crippen LogP contribution in [0.25, 0.3) is 11.0 Å². The largest absolute Gasteiger partial charge is 0.398 e. The maximum atomic E-state index is 10.5. The zero-order valence-electron chi connectivity index (χ0n) is 6.15. The number of carbonyl (C=O) groups is 1. The molecule has 1 aromatic carbocycles. The molecule has 0 amide bonds. The summed E-state index contributed by atoms with van der Waals surface area (Å²) in [5, 5.41) is 4.35. The van der Waals surface area contributed by atoms with Crippen LogP contribution in [-0.2, 0) is 0 Å². The van der Waals surface area contributed by atoms with Crippen molar-refractivity contribution in [3.05, 3.63) is 23.9 Å². The molecule has 0 unspecified atom stereocenters. The van der Waals surface area contributed by atoms with Crippen molar-refractivity contribution in [2.24, 2.45) is 0 Å². The number of fused-ring (bicyclic) bond motifs is 1. The van der Waals surface area contributed by atoms with Crippen LogP contribution in [0.2, 0.25) is 0 Å². The summed E-state index contributed by atoms with van der Waals surface area (Å²) >= 11 is 0. The summed E-state index contributed by atoms with van der Waals surface area (Å²) in [6, 6.07) is 3.24. The Balaban J connectivity index is 2.81. The second kappa shape index (κ2) is 2.34. The number of hydrogen-bond acceptors (Lipinski definition) is 4. The zero-order valence-corrected chi connectivity index (χ0v) is 6.15. The topological polar surface area (TPSA) is 69.1 Å². The van der Waals surface area contributed by atoms with Gasteiger partial charge in [-0.05, 0) is 6.07 Å². The lowest BCUT2D eigenvalue weighted by Crippen LogP contribution is -1.91. The normalized spacial score (nSPS) is 10.3. The van der Waals surface area contributed by atoms with Crippen molar-refractivity contribution in [2.75, 3.05) is 5.73 Å². The predicted octanol–water partition coefficient (Wildman–Crippen LogP) is 1.22. The van der Waals surface area contributed by atoms with Gasteiger partial charge in [0.25, 0.3) is 0 Å². The van der Waals surface area contributed by atoms with Crippen LogP contribution in [0.5, 0.6) is 0 Å². The molecule has 4 nitrogen and oxygen atoms in total. The van der Waals surface area contributed by atoms with Crippen LogP contribution in [-0.4, -0.2) is 11.4 Å². The van der Waals surface area contributed by atoms with Crippen molar-refractivity contribution in [3.63, 3.8) is 0 Å². The van der Waals surface area contributed by atoms with Gasteiger partial charge < -0.3 is 10.3 Å². The summed E-state index contributed by atoms with van der Waals surface area (Å²) in [5.41, 5.74) is 7.01. The first kappa shape index (κ1) is 6.84. The number of nitrogens with two attached hydrogens (primary N) is 1. The molecule has 1 heterocycles. The molecule has 0 aliphatic carbocycles. The molecule has 1 aromatic heterocycles. The molecule has 0 spiro atoms. The minimum atomic E-state index is 0.411. The first-order chi connectivity index (χ1) is 5.81. The Morgan fingerprint density at radius 3 is 3.08 bits per heavy atom. The van der Waals surface area contributed by atoms with Gasteiger partial charge in [0.1, 0.15) is 0 Å². The quantitative estimate of drug-likeness (QED) is 0.505. The smallest absolute Gasteiger partial charge is 0.168 e. The molecule has 2 N–H and O–H groups in total. The van der Waals surface area contributed by atoms with Gasteiger partial charge in [-0.2, -0.15) is 0 Å². The van der Waals surface area contributed by atoms with Crippen LogP contribution in [0.15, 0.2) is 22.9 Å². The standard InChI is InChI=1S/C8H6N2O2/c9-7-2-8-5(3-10-12-8)1-6(7)4-11/h1-4H,9H2. The van der Waals surface area contributed by atoms with Gasteiger partial charge in [-0.1, -0.05) is 5.16 Å². The van der Waals surface area contributed by atoms with E-state index < -0.39 is 0 Å². The first-order valence-corrected chi connectivity index (χ1v) is 3.40. The third-order valence-corrected chi connectivity index (χ3v) is 1.69.